The third-order valence-electron chi connectivity index (χ3n) is 5.31. The van der Waals surface area contributed by atoms with Gasteiger partial charge in [-0.15, -0.1) is 5.10 Å². The molecule has 1 amide bonds. The number of anilines is 2. The summed E-state index contributed by atoms with van der Waals surface area (Å²) in [6, 6.07) is 5.62. The van der Waals surface area contributed by atoms with Gasteiger partial charge >= 0.3 is 6.18 Å². The molecular formula is C18H14F4N6O2S. The molecule has 4 rings (SSSR count). The number of nitrogens with zero attached hydrogens (tertiary/aromatic N) is 4. The average Bonchev–Trinajstić information content (AvgIpc) is 2.90. The van der Waals surface area contributed by atoms with E-state index in [2.05, 4.69) is 5.10 Å². The Morgan fingerprint density at radius 1 is 1.23 bits per heavy atom. The number of halogens is 4. The number of hydrogen-bond acceptors (Lipinski definition) is 6. The molecule has 3 N–H and O–H groups in total. The number of thiocarbonyl (C=S) groups is 1. The van der Waals surface area contributed by atoms with Gasteiger partial charge in [-0.05, 0) is 55.7 Å². The summed E-state index contributed by atoms with van der Waals surface area (Å²) in [4.78, 5) is 15.6. The van der Waals surface area contributed by atoms with E-state index in [1.54, 1.807) is 0 Å². The highest BCUT2D eigenvalue weighted by atomic mass is 32.1. The van der Waals surface area contributed by atoms with Gasteiger partial charge in [0.15, 0.2) is 22.5 Å². The Morgan fingerprint density at radius 3 is 2.45 bits per heavy atom. The van der Waals surface area contributed by atoms with Crippen molar-refractivity contribution >= 4 is 40.6 Å². The van der Waals surface area contributed by atoms with Crippen LogP contribution in [-0.2, 0) is 4.79 Å². The molecule has 8 nitrogen and oxygen atoms in total. The van der Waals surface area contributed by atoms with E-state index < -0.39 is 40.5 Å². The van der Waals surface area contributed by atoms with Crippen LogP contribution in [0.25, 0.3) is 0 Å². The summed E-state index contributed by atoms with van der Waals surface area (Å²) in [6.45, 7) is 0. The summed E-state index contributed by atoms with van der Waals surface area (Å²) in [5.74, 6) is -4.25. The highest BCUT2D eigenvalue weighted by Crippen LogP contribution is 2.47. The van der Waals surface area contributed by atoms with Crippen molar-refractivity contribution in [3.63, 3.8) is 0 Å². The van der Waals surface area contributed by atoms with Crippen LogP contribution in [0.1, 0.15) is 19.3 Å². The maximum Gasteiger partial charge on any atom is 0.451 e. The summed E-state index contributed by atoms with van der Waals surface area (Å²) in [7, 11) is 0. The Morgan fingerprint density at radius 2 is 1.90 bits per heavy atom. The first-order valence-electron chi connectivity index (χ1n) is 8.96. The molecule has 0 bridgehead atoms. The van der Waals surface area contributed by atoms with Crippen LogP contribution in [0.3, 0.4) is 0 Å². The number of amides is 1. The van der Waals surface area contributed by atoms with E-state index in [0.717, 1.165) is 29.2 Å². The Kier molecular flexibility index (Phi) is 4.61. The molecule has 1 spiro atoms. The predicted octanol–water partition coefficient (Wildman–Crippen LogP) is 2.66. The largest absolute Gasteiger partial charge is 0.505 e. The van der Waals surface area contributed by atoms with Crippen LogP contribution in [0.5, 0.6) is 5.75 Å². The Balaban J connectivity index is 1.81. The van der Waals surface area contributed by atoms with E-state index in [1.165, 1.54) is 11.0 Å². The minimum absolute atomic E-state index is 0.0571. The Bertz CT molecular complexity index is 1190. The fraction of sp³-hybridized carbons (Fsp3) is 0.278. The normalized spacial score (nSPS) is 17.9. The van der Waals surface area contributed by atoms with E-state index >= 15 is 0 Å². The number of benzene rings is 1. The molecule has 1 saturated heterocycles. The number of hydrogen-bond donors (Lipinski definition) is 3. The van der Waals surface area contributed by atoms with Crippen molar-refractivity contribution in [2.24, 2.45) is 0 Å². The van der Waals surface area contributed by atoms with Gasteiger partial charge in [0.1, 0.15) is 11.0 Å². The second kappa shape index (κ2) is 6.83. The minimum atomic E-state index is -5.06. The van der Waals surface area contributed by atoms with E-state index in [4.69, 9.17) is 23.0 Å². The van der Waals surface area contributed by atoms with Crippen molar-refractivity contribution in [2.75, 3.05) is 9.80 Å². The molecule has 2 fully saturated rings. The highest BCUT2D eigenvalue weighted by molar-refractivity contribution is 7.81. The number of aromatic hydroxyl groups is 1. The maximum absolute atomic E-state index is 14.0. The van der Waals surface area contributed by atoms with E-state index in [-0.39, 0.29) is 21.3 Å². The SMILES string of the molecule is N=C(n1nc(N2C(=O)C3(CCC3)N(c3ccc(O)c(F)c3)C2=S)ccc1=N)C(F)(F)F. The lowest BCUT2D eigenvalue weighted by Gasteiger charge is -2.43. The van der Waals surface area contributed by atoms with Crippen LogP contribution in [0, 0.1) is 16.6 Å². The van der Waals surface area contributed by atoms with Gasteiger partial charge in [-0.25, -0.2) is 9.29 Å². The van der Waals surface area contributed by atoms with Crippen molar-refractivity contribution in [1.82, 2.24) is 9.78 Å². The first-order chi connectivity index (χ1) is 14.5. The molecule has 1 aliphatic carbocycles. The number of carbonyl (C=O) groups excluding carboxylic acids is 1. The predicted molar refractivity (Wildman–Crippen MR) is 104 cm³/mol. The van der Waals surface area contributed by atoms with Crippen molar-refractivity contribution in [1.29, 1.82) is 10.8 Å². The lowest BCUT2D eigenvalue weighted by Crippen LogP contribution is -2.55. The zero-order chi connectivity index (χ0) is 22.7. The van der Waals surface area contributed by atoms with Gasteiger partial charge in [0.05, 0.1) is 0 Å². The van der Waals surface area contributed by atoms with Crippen LogP contribution >= 0.6 is 12.2 Å². The second-order valence-electron chi connectivity index (χ2n) is 7.11. The number of phenolic OH excluding ortho intramolecular Hbond substituents is 1. The first-order valence-corrected chi connectivity index (χ1v) is 9.36. The van der Waals surface area contributed by atoms with Crippen LogP contribution in [0.15, 0.2) is 30.3 Å². The summed E-state index contributed by atoms with van der Waals surface area (Å²) in [5.41, 5.74) is -1.66. The fourth-order valence-corrected chi connectivity index (χ4v) is 4.10. The molecule has 0 atom stereocenters. The van der Waals surface area contributed by atoms with Gasteiger partial charge < -0.3 is 10.0 Å². The molecule has 1 aliphatic heterocycles. The molecule has 13 heteroatoms. The topological polar surface area (TPSA) is 109 Å². The third-order valence-corrected chi connectivity index (χ3v) is 5.68. The first kappa shape index (κ1) is 20.9. The van der Waals surface area contributed by atoms with Crippen molar-refractivity contribution in [2.45, 2.75) is 31.0 Å². The number of alkyl halides is 3. The molecule has 162 valence electrons. The Hall–Kier alpha value is -3.35. The zero-order valence-electron chi connectivity index (χ0n) is 15.6. The quantitative estimate of drug-likeness (QED) is 0.280. The number of carbonyl (C=O) groups is 1. The fourth-order valence-electron chi connectivity index (χ4n) is 3.64. The summed E-state index contributed by atoms with van der Waals surface area (Å²) in [5, 5.41) is 27.9. The molecule has 0 radical (unpaired) electrons. The minimum Gasteiger partial charge on any atom is -0.505 e. The summed E-state index contributed by atoms with van der Waals surface area (Å²) < 4.78 is 53.0. The van der Waals surface area contributed by atoms with Crippen molar-refractivity contribution in [3.05, 3.63) is 41.6 Å². The molecular weight excluding hydrogens is 440 g/mol. The van der Waals surface area contributed by atoms with Crippen LogP contribution in [-0.4, -0.2) is 43.5 Å². The summed E-state index contributed by atoms with van der Waals surface area (Å²) >= 11 is 5.42. The number of nitrogens with one attached hydrogen (secondary N) is 2. The molecule has 2 aromatic rings. The zero-order valence-corrected chi connectivity index (χ0v) is 16.4. The average molecular weight is 454 g/mol. The third kappa shape index (κ3) is 3.07. The lowest BCUT2D eigenvalue weighted by molar-refractivity contribution is -0.123. The van der Waals surface area contributed by atoms with Crippen molar-refractivity contribution in [3.8, 4) is 5.75 Å². The molecule has 2 aliphatic rings. The molecule has 2 heterocycles. The molecule has 0 unspecified atom stereocenters. The number of rotatable bonds is 2. The summed E-state index contributed by atoms with van der Waals surface area (Å²) in [6.07, 6.45) is -3.64. The smallest absolute Gasteiger partial charge is 0.451 e. The van der Waals surface area contributed by atoms with Gasteiger partial charge in [-0.2, -0.15) is 17.9 Å². The molecule has 1 aromatic carbocycles. The molecule has 1 aromatic heterocycles. The monoisotopic (exact) mass is 454 g/mol. The number of phenols is 1. The van der Waals surface area contributed by atoms with Crippen LogP contribution in [0.4, 0.5) is 29.1 Å². The van der Waals surface area contributed by atoms with E-state index in [9.17, 15) is 27.5 Å². The van der Waals surface area contributed by atoms with E-state index in [0.29, 0.717) is 19.3 Å². The maximum atomic E-state index is 14.0. The second-order valence-corrected chi connectivity index (χ2v) is 7.48. The van der Waals surface area contributed by atoms with Crippen LogP contribution in [0.2, 0.25) is 0 Å². The highest BCUT2D eigenvalue weighted by Gasteiger charge is 2.60. The van der Waals surface area contributed by atoms with Crippen LogP contribution < -0.4 is 15.3 Å². The van der Waals surface area contributed by atoms with E-state index in [1.807, 2.05) is 0 Å². The lowest BCUT2D eigenvalue weighted by atomic mass is 9.75. The van der Waals surface area contributed by atoms with Gasteiger partial charge in [-0.1, -0.05) is 0 Å². The molecule has 1 saturated carbocycles. The number of aromatic nitrogens is 2. The van der Waals surface area contributed by atoms with Gasteiger partial charge in [0.2, 0.25) is 5.84 Å². The van der Waals surface area contributed by atoms with Gasteiger partial charge in [-0.3, -0.25) is 15.6 Å². The van der Waals surface area contributed by atoms with Gasteiger partial charge in [0.25, 0.3) is 5.91 Å². The standard InChI is InChI=1S/C18H14F4N6O2S/c19-10-8-9(2-3-11(10)29)27-16(31)26(15(30)17(27)6-1-7-17)13-5-4-12(23)28(25-13)14(24)18(20,21)22/h2-5,8,23-24,29H,1,6-7H2. The van der Waals surface area contributed by atoms with Crippen molar-refractivity contribution < 1.29 is 27.5 Å². The van der Waals surface area contributed by atoms with Gasteiger partial charge in [0, 0.05) is 11.8 Å². The Labute approximate surface area is 177 Å². The molecule has 31 heavy (non-hydrogen) atoms.